The van der Waals surface area contributed by atoms with Gasteiger partial charge in [-0.1, -0.05) is 33.1 Å². The fourth-order valence-corrected chi connectivity index (χ4v) is 3.09. The summed E-state index contributed by atoms with van der Waals surface area (Å²) in [6.07, 6.45) is 9.72. The first kappa shape index (κ1) is 14.4. The highest BCUT2D eigenvalue weighted by Crippen LogP contribution is 2.29. The van der Waals surface area contributed by atoms with E-state index in [1.807, 2.05) is 0 Å². The van der Waals surface area contributed by atoms with Crippen LogP contribution in [0, 0.1) is 11.8 Å². The molecule has 2 heteroatoms. The molecule has 1 fully saturated rings. The lowest BCUT2D eigenvalue weighted by molar-refractivity contribution is -0.0166. The number of hydrogen-bond donors (Lipinski definition) is 1. The molecular weight excluding hydrogens is 216 g/mol. The van der Waals surface area contributed by atoms with Crippen LogP contribution in [0.4, 0.5) is 0 Å². The van der Waals surface area contributed by atoms with Crippen LogP contribution >= 0.6 is 12.6 Å². The van der Waals surface area contributed by atoms with Crippen molar-refractivity contribution in [2.24, 2.45) is 11.8 Å². The van der Waals surface area contributed by atoms with Gasteiger partial charge in [0.05, 0.1) is 6.10 Å². The van der Waals surface area contributed by atoms with Crippen molar-refractivity contribution in [2.45, 2.75) is 64.9 Å². The largest absolute Gasteiger partial charge is 0.378 e. The summed E-state index contributed by atoms with van der Waals surface area (Å²) in [6.45, 7) is 5.56. The maximum Gasteiger partial charge on any atom is 0.0603 e. The van der Waals surface area contributed by atoms with E-state index in [4.69, 9.17) is 4.74 Å². The Hall–Kier alpha value is 0.310. The smallest absolute Gasteiger partial charge is 0.0603 e. The molecule has 1 nitrogen and oxygen atoms in total. The summed E-state index contributed by atoms with van der Waals surface area (Å²) in [5, 5.41) is 0. The van der Waals surface area contributed by atoms with E-state index in [0.29, 0.717) is 6.10 Å². The van der Waals surface area contributed by atoms with E-state index in [1.165, 1.54) is 44.9 Å². The van der Waals surface area contributed by atoms with Crippen molar-refractivity contribution in [3.8, 4) is 0 Å². The molecule has 1 rings (SSSR count). The van der Waals surface area contributed by atoms with Gasteiger partial charge in [0.1, 0.15) is 0 Å². The van der Waals surface area contributed by atoms with Gasteiger partial charge in [0.15, 0.2) is 0 Å². The Bertz CT molecular complexity index is 172. The molecule has 0 bridgehead atoms. The van der Waals surface area contributed by atoms with Crippen LogP contribution in [0.15, 0.2) is 0 Å². The van der Waals surface area contributed by atoms with Crippen LogP contribution in [0.1, 0.15) is 58.8 Å². The molecule has 0 aromatic heterocycles. The van der Waals surface area contributed by atoms with Gasteiger partial charge in [0, 0.05) is 6.61 Å². The van der Waals surface area contributed by atoms with Gasteiger partial charge in [0.25, 0.3) is 0 Å². The van der Waals surface area contributed by atoms with Crippen LogP contribution in [0.2, 0.25) is 0 Å². The van der Waals surface area contributed by atoms with Crippen molar-refractivity contribution in [2.75, 3.05) is 12.4 Å². The Morgan fingerprint density at radius 2 is 2.00 bits per heavy atom. The van der Waals surface area contributed by atoms with Gasteiger partial charge in [0.2, 0.25) is 0 Å². The Balaban J connectivity index is 2.15. The minimum Gasteiger partial charge on any atom is -0.378 e. The molecule has 3 unspecified atom stereocenters. The summed E-state index contributed by atoms with van der Waals surface area (Å²) in [5.74, 6) is 2.59. The molecule has 0 aromatic carbocycles. The van der Waals surface area contributed by atoms with Gasteiger partial charge >= 0.3 is 0 Å². The quantitative estimate of drug-likeness (QED) is 0.656. The lowest BCUT2D eigenvalue weighted by atomic mass is 9.85. The second-order valence-electron chi connectivity index (χ2n) is 5.27. The summed E-state index contributed by atoms with van der Waals surface area (Å²) >= 11 is 4.27. The third-order valence-corrected chi connectivity index (χ3v) is 4.19. The van der Waals surface area contributed by atoms with E-state index >= 15 is 0 Å². The normalized spacial score (nSPS) is 27.9. The predicted octanol–water partition coefficient (Wildman–Crippen LogP) is 4.32. The minimum absolute atomic E-state index is 0.557. The average molecular weight is 244 g/mol. The first-order valence-corrected chi connectivity index (χ1v) is 7.63. The zero-order chi connectivity index (χ0) is 11.8. The third kappa shape index (κ3) is 5.09. The first-order valence-electron chi connectivity index (χ1n) is 7.00. The average Bonchev–Trinajstić information content (AvgIpc) is 2.30. The van der Waals surface area contributed by atoms with E-state index < -0.39 is 0 Å². The molecule has 0 aromatic rings. The molecule has 1 aliphatic rings. The van der Waals surface area contributed by atoms with Crippen LogP contribution in [-0.2, 0) is 4.74 Å². The van der Waals surface area contributed by atoms with E-state index in [9.17, 15) is 0 Å². The molecule has 0 amide bonds. The van der Waals surface area contributed by atoms with E-state index in [0.717, 1.165) is 24.2 Å². The second-order valence-corrected chi connectivity index (χ2v) is 5.72. The van der Waals surface area contributed by atoms with Crippen molar-refractivity contribution in [1.29, 1.82) is 0 Å². The lowest BCUT2D eigenvalue weighted by Crippen LogP contribution is -2.28. The van der Waals surface area contributed by atoms with Crippen molar-refractivity contribution in [3.05, 3.63) is 0 Å². The van der Waals surface area contributed by atoms with Crippen LogP contribution in [0.3, 0.4) is 0 Å². The maximum absolute atomic E-state index is 6.08. The lowest BCUT2D eigenvalue weighted by Gasteiger charge is -2.31. The van der Waals surface area contributed by atoms with Crippen molar-refractivity contribution >= 4 is 12.6 Å². The van der Waals surface area contributed by atoms with Gasteiger partial charge in [-0.15, -0.1) is 0 Å². The van der Waals surface area contributed by atoms with Crippen LogP contribution in [-0.4, -0.2) is 18.5 Å². The summed E-state index contributed by atoms with van der Waals surface area (Å²) < 4.78 is 6.08. The zero-order valence-corrected chi connectivity index (χ0v) is 11.8. The van der Waals surface area contributed by atoms with Gasteiger partial charge in [-0.3, -0.25) is 0 Å². The Labute approximate surface area is 107 Å². The SMILES string of the molecule is CCC1CCCCC1OCCC(C)CCS. The standard InChI is InChI=1S/C14H28OS/c1-3-13-6-4-5-7-14(13)15-10-8-12(2)9-11-16/h12-14,16H,3-11H2,1-2H3. The first-order chi connectivity index (χ1) is 7.77. The number of hydrogen-bond acceptors (Lipinski definition) is 2. The van der Waals surface area contributed by atoms with Crippen molar-refractivity contribution in [3.63, 3.8) is 0 Å². The second kappa shape index (κ2) is 8.41. The fraction of sp³-hybridized carbons (Fsp3) is 1.00. The zero-order valence-electron chi connectivity index (χ0n) is 11.0. The van der Waals surface area contributed by atoms with Gasteiger partial charge in [-0.05, 0) is 43.3 Å². The molecule has 3 atom stereocenters. The summed E-state index contributed by atoms with van der Waals surface area (Å²) in [7, 11) is 0. The highest BCUT2D eigenvalue weighted by molar-refractivity contribution is 7.80. The molecule has 1 aliphatic carbocycles. The number of ether oxygens (including phenoxy) is 1. The molecule has 0 heterocycles. The van der Waals surface area contributed by atoms with Crippen molar-refractivity contribution in [1.82, 2.24) is 0 Å². The third-order valence-electron chi connectivity index (χ3n) is 3.93. The van der Waals surface area contributed by atoms with Gasteiger partial charge < -0.3 is 4.74 Å². The van der Waals surface area contributed by atoms with Crippen LogP contribution in [0.25, 0.3) is 0 Å². The summed E-state index contributed by atoms with van der Waals surface area (Å²) in [5.41, 5.74) is 0. The Morgan fingerprint density at radius 3 is 2.69 bits per heavy atom. The molecule has 1 saturated carbocycles. The van der Waals surface area contributed by atoms with Crippen LogP contribution in [0.5, 0.6) is 0 Å². The van der Waals surface area contributed by atoms with Crippen molar-refractivity contribution < 1.29 is 4.74 Å². The highest BCUT2D eigenvalue weighted by Gasteiger charge is 2.23. The Morgan fingerprint density at radius 1 is 1.25 bits per heavy atom. The maximum atomic E-state index is 6.08. The van der Waals surface area contributed by atoms with E-state index in [1.54, 1.807) is 0 Å². The van der Waals surface area contributed by atoms with Gasteiger partial charge in [-0.25, -0.2) is 0 Å². The van der Waals surface area contributed by atoms with E-state index in [-0.39, 0.29) is 0 Å². The molecule has 0 saturated heterocycles. The molecule has 0 radical (unpaired) electrons. The molecule has 16 heavy (non-hydrogen) atoms. The fourth-order valence-electron chi connectivity index (χ4n) is 2.65. The number of thiol groups is 1. The highest BCUT2D eigenvalue weighted by atomic mass is 32.1. The Kier molecular flexibility index (Phi) is 7.55. The molecular formula is C14H28OS. The predicted molar refractivity (Wildman–Crippen MR) is 74.2 cm³/mol. The molecule has 0 N–H and O–H groups in total. The van der Waals surface area contributed by atoms with Gasteiger partial charge in [-0.2, -0.15) is 12.6 Å². The van der Waals surface area contributed by atoms with Crippen LogP contribution < -0.4 is 0 Å². The summed E-state index contributed by atoms with van der Waals surface area (Å²) in [6, 6.07) is 0. The number of rotatable bonds is 7. The molecule has 0 aliphatic heterocycles. The summed E-state index contributed by atoms with van der Waals surface area (Å²) in [4.78, 5) is 0. The van der Waals surface area contributed by atoms with E-state index in [2.05, 4.69) is 26.5 Å². The topological polar surface area (TPSA) is 9.23 Å². The minimum atomic E-state index is 0.557. The molecule has 0 spiro atoms. The monoisotopic (exact) mass is 244 g/mol. The molecule has 96 valence electrons.